The fourth-order valence-corrected chi connectivity index (χ4v) is 1.45. The van der Waals surface area contributed by atoms with Crippen molar-refractivity contribution in [3.8, 4) is 0 Å². The lowest BCUT2D eigenvalue weighted by Gasteiger charge is -2.28. The van der Waals surface area contributed by atoms with Crippen molar-refractivity contribution >= 4 is 11.9 Å². The Balaban J connectivity index is 2.53. The average molecular weight is 198 g/mol. The number of rotatable bonds is 3. The Morgan fingerprint density at radius 3 is 2.79 bits per heavy atom. The molecule has 14 heavy (non-hydrogen) atoms. The van der Waals surface area contributed by atoms with Crippen LogP contribution in [0.3, 0.4) is 0 Å². The maximum absolute atomic E-state index is 10.8. The molecule has 1 rings (SSSR count). The van der Waals surface area contributed by atoms with E-state index in [-0.39, 0.29) is 11.4 Å². The van der Waals surface area contributed by atoms with Crippen molar-refractivity contribution in [2.45, 2.75) is 25.8 Å². The molecule has 0 saturated carbocycles. The van der Waals surface area contributed by atoms with Crippen LogP contribution in [-0.2, 0) is 4.79 Å². The first kappa shape index (κ1) is 10.8. The third-order valence-corrected chi connectivity index (χ3v) is 2.12. The van der Waals surface area contributed by atoms with Crippen LogP contribution >= 0.6 is 0 Å². The minimum atomic E-state index is -0.330. The third kappa shape index (κ3) is 2.90. The Morgan fingerprint density at radius 2 is 2.36 bits per heavy atom. The highest BCUT2D eigenvalue weighted by Crippen LogP contribution is 2.09. The van der Waals surface area contributed by atoms with E-state index in [0.29, 0.717) is 6.42 Å². The topological polar surface area (TPSA) is 70.7 Å². The van der Waals surface area contributed by atoms with E-state index in [1.54, 1.807) is 0 Å². The Morgan fingerprint density at radius 1 is 1.71 bits per heavy atom. The molecular weight excluding hydrogens is 180 g/mol. The summed E-state index contributed by atoms with van der Waals surface area (Å²) in [6.07, 6.45) is 0.305. The quantitative estimate of drug-likeness (QED) is 0.644. The molecule has 0 spiro atoms. The Labute approximate surface area is 84.4 Å². The predicted molar refractivity (Wildman–Crippen MR) is 56.0 cm³/mol. The van der Waals surface area contributed by atoms with Crippen LogP contribution in [0.15, 0.2) is 4.99 Å². The highest BCUT2D eigenvalue weighted by atomic mass is 16.1. The first-order chi connectivity index (χ1) is 6.41. The lowest BCUT2D eigenvalue weighted by molar-refractivity contribution is -0.119. The molecule has 0 radical (unpaired) electrons. The molecule has 0 aromatic heterocycles. The largest absolute Gasteiger partial charge is 0.370 e. The van der Waals surface area contributed by atoms with E-state index in [4.69, 9.17) is 5.73 Å². The number of likely N-dealkylation sites (N-methyl/N-ethyl adjacent to an activating group) is 1. The van der Waals surface area contributed by atoms with Gasteiger partial charge in [-0.25, -0.2) is 0 Å². The van der Waals surface area contributed by atoms with E-state index in [1.807, 2.05) is 25.8 Å². The van der Waals surface area contributed by atoms with Gasteiger partial charge in [-0.15, -0.1) is 0 Å². The fraction of sp³-hybridized carbons (Fsp3) is 0.778. The fourth-order valence-electron chi connectivity index (χ4n) is 1.45. The zero-order valence-electron chi connectivity index (χ0n) is 9.00. The summed E-state index contributed by atoms with van der Waals surface area (Å²) in [5.74, 6) is 0.542. The van der Waals surface area contributed by atoms with E-state index in [0.717, 1.165) is 19.0 Å². The summed E-state index contributed by atoms with van der Waals surface area (Å²) < 4.78 is 0. The number of hydrogen-bond acceptors (Lipinski definition) is 4. The Bertz CT molecular complexity index is 260. The molecule has 0 fully saturated rings. The van der Waals surface area contributed by atoms with Crippen LogP contribution in [0.25, 0.3) is 0 Å². The van der Waals surface area contributed by atoms with E-state index in [2.05, 4.69) is 10.3 Å². The second-order valence-corrected chi connectivity index (χ2v) is 4.28. The Hall–Kier alpha value is -1.26. The van der Waals surface area contributed by atoms with Gasteiger partial charge in [0.2, 0.25) is 5.91 Å². The third-order valence-electron chi connectivity index (χ3n) is 2.12. The lowest BCUT2D eigenvalue weighted by atomic mass is 10.0. The number of carbonyl (C=O) groups is 1. The molecule has 1 heterocycles. The molecule has 5 nitrogen and oxygen atoms in total. The first-order valence-corrected chi connectivity index (χ1v) is 4.73. The minimum absolute atomic E-state index is 0.302. The molecule has 1 aliphatic rings. The highest BCUT2D eigenvalue weighted by Gasteiger charge is 2.24. The lowest BCUT2D eigenvalue weighted by Crippen LogP contribution is -2.50. The summed E-state index contributed by atoms with van der Waals surface area (Å²) in [4.78, 5) is 17.1. The zero-order chi connectivity index (χ0) is 10.8. The molecule has 1 aliphatic heterocycles. The number of nitrogens with one attached hydrogen (secondary N) is 1. The second kappa shape index (κ2) is 3.86. The van der Waals surface area contributed by atoms with Crippen LogP contribution in [0.5, 0.6) is 0 Å². The molecule has 0 atom stereocenters. The van der Waals surface area contributed by atoms with Gasteiger partial charge in [-0.1, -0.05) is 0 Å². The van der Waals surface area contributed by atoms with Crippen molar-refractivity contribution in [1.82, 2.24) is 10.2 Å². The number of amides is 1. The standard InChI is InChI=1S/C9H18N4O/c1-9(2,6-7(10)14)12-8-11-4-5-13(8)3/h4-6H2,1-3H3,(H2,10,14)(H,11,12). The number of nitrogens with two attached hydrogens (primary N) is 1. The second-order valence-electron chi connectivity index (χ2n) is 4.28. The molecule has 5 heteroatoms. The highest BCUT2D eigenvalue weighted by molar-refractivity contribution is 5.83. The van der Waals surface area contributed by atoms with Crippen molar-refractivity contribution in [3.05, 3.63) is 0 Å². The molecule has 0 aromatic carbocycles. The van der Waals surface area contributed by atoms with Gasteiger partial charge in [0.05, 0.1) is 6.54 Å². The van der Waals surface area contributed by atoms with Gasteiger partial charge in [0, 0.05) is 25.6 Å². The predicted octanol–water partition coefficient (Wildman–Crippen LogP) is -0.469. The van der Waals surface area contributed by atoms with Crippen LogP contribution in [0.2, 0.25) is 0 Å². The summed E-state index contributed by atoms with van der Waals surface area (Å²) in [6.45, 7) is 5.61. The Kier molecular flexibility index (Phi) is 2.98. The molecule has 3 N–H and O–H groups in total. The van der Waals surface area contributed by atoms with Crippen molar-refractivity contribution in [1.29, 1.82) is 0 Å². The number of aliphatic imine (C=N–C) groups is 1. The van der Waals surface area contributed by atoms with Crippen LogP contribution in [0.4, 0.5) is 0 Å². The average Bonchev–Trinajstić information content (AvgIpc) is 2.32. The molecule has 80 valence electrons. The van der Waals surface area contributed by atoms with Gasteiger partial charge < -0.3 is 16.0 Å². The van der Waals surface area contributed by atoms with Crippen molar-refractivity contribution in [3.63, 3.8) is 0 Å². The number of carbonyl (C=O) groups excluding carboxylic acids is 1. The molecule has 0 saturated heterocycles. The number of nitrogens with zero attached hydrogens (tertiary/aromatic N) is 2. The van der Waals surface area contributed by atoms with E-state index < -0.39 is 0 Å². The minimum Gasteiger partial charge on any atom is -0.370 e. The van der Waals surface area contributed by atoms with Gasteiger partial charge in [-0.2, -0.15) is 0 Å². The summed E-state index contributed by atoms with van der Waals surface area (Å²) in [6, 6.07) is 0. The monoisotopic (exact) mass is 198 g/mol. The molecule has 0 aliphatic carbocycles. The molecular formula is C9H18N4O. The first-order valence-electron chi connectivity index (χ1n) is 4.73. The summed E-state index contributed by atoms with van der Waals surface area (Å²) in [5, 5.41) is 3.21. The van der Waals surface area contributed by atoms with Gasteiger partial charge in [0.15, 0.2) is 5.96 Å². The van der Waals surface area contributed by atoms with Crippen molar-refractivity contribution in [2.75, 3.05) is 20.1 Å². The van der Waals surface area contributed by atoms with Crippen LogP contribution < -0.4 is 11.1 Å². The van der Waals surface area contributed by atoms with Crippen molar-refractivity contribution < 1.29 is 4.79 Å². The number of hydrogen-bond donors (Lipinski definition) is 2. The van der Waals surface area contributed by atoms with Gasteiger partial charge in [-0.05, 0) is 13.8 Å². The van der Waals surface area contributed by atoms with E-state index in [1.165, 1.54) is 0 Å². The number of primary amides is 1. The zero-order valence-corrected chi connectivity index (χ0v) is 9.00. The molecule has 0 aromatic rings. The normalized spacial score (nSPS) is 16.8. The van der Waals surface area contributed by atoms with Crippen LogP contribution in [-0.4, -0.2) is 42.4 Å². The maximum Gasteiger partial charge on any atom is 0.219 e. The summed E-state index contributed by atoms with van der Waals surface area (Å²) in [5.41, 5.74) is 4.82. The molecule has 0 bridgehead atoms. The molecule has 0 unspecified atom stereocenters. The molecule has 1 amide bonds. The SMILES string of the molecule is CN1CCN=C1NC(C)(C)CC(N)=O. The van der Waals surface area contributed by atoms with Crippen LogP contribution in [0, 0.1) is 0 Å². The van der Waals surface area contributed by atoms with Gasteiger partial charge >= 0.3 is 0 Å². The van der Waals surface area contributed by atoms with Crippen molar-refractivity contribution in [2.24, 2.45) is 10.7 Å². The van der Waals surface area contributed by atoms with Crippen LogP contribution in [0.1, 0.15) is 20.3 Å². The smallest absolute Gasteiger partial charge is 0.219 e. The summed E-state index contributed by atoms with van der Waals surface area (Å²) >= 11 is 0. The van der Waals surface area contributed by atoms with Gasteiger partial charge in [0.1, 0.15) is 0 Å². The maximum atomic E-state index is 10.8. The van der Waals surface area contributed by atoms with Gasteiger partial charge in [0.25, 0.3) is 0 Å². The van der Waals surface area contributed by atoms with E-state index >= 15 is 0 Å². The summed E-state index contributed by atoms with van der Waals surface area (Å²) in [7, 11) is 1.97. The number of guanidine groups is 1. The van der Waals surface area contributed by atoms with E-state index in [9.17, 15) is 4.79 Å². The van der Waals surface area contributed by atoms with Gasteiger partial charge in [-0.3, -0.25) is 9.79 Å².